The number of ketones is 2. The Balaban J connectivity index is -0.000000161. The highest BCUT2D eigenvalue weighted by Crippen LogP contribution is 2.01. The van der Waals surface area contributed by atoms with Crippen LogP contribution in [0.3, 0.4) is 0 Å². The number of benzene rings is 2. The quantitative estimate of drug-likeness (QED) is 0.149. The number of alkyl halides is 2. The van der Waals surface area contributed by atoms with Crippen molar-refractivity contribution in [1.29, 1.82) is 0 Å². The minimum atomic E-state index is -0.111. The topological polar surface area (TPSA) is 38.5 Å². The van der Waals surface area contributed by atoms with Crippen molar-refractivity contribution in [2.24, 2.45) is 0 Å². The van der Waals surface area contributed by atoms with E-state index in [2.05, 4.69) is 50.0 Å². The zero-order chi connectivity index (χ0) is 23.5. The molecule has 0 fully saturated rings. The van der Waals surface area contributed by atoms with Gasteiger partial charge in [0, 0.05) is 17.5 Å². The Morgan fingerprint density at radius 3 is 1.31 bits per heavy atom. The Kier molecular flexibility index (Phi) is 38.1. The molecule has 0 heterocycles. The Labute approximate surface area is 205 Å². The summed E-state index contributed by atoms with van der Waals surface area (Å²) in [6.45, 7) is 16.3. The molecule has 0 atom stereocenters. The molecule has 0 aromatic heterocycles. The number of nitrogens with zero attached hydrogens (tertiary/aromatic N) is 1. The number of Topliss-reactive ketones (excluding diaryl/α,β-unsaturated/α-hetero) is 2. The van der Waals surface area contributed by atoms with E-state index in [1.807, 2.05) is 80.9 Å². The van der Waals surface area contributed by atoms with Crippen molar-refractivity contribution in [3.8, 4) is 0 Å². The molecule has 0 aliphatic carbocycles. The summed E-state index contributed by atoms with van der Waals surface area (Å²) >= 11 is 4.30. The fourth-order valence-electron chi connectivity index (χ4n) is 1.62. The van der Waals surface area contributed by atoms with Crippen LogP contribution in [0.1, 0.15) is 61.8 Å². The van der Waals surface area contributed by atoms with Gasteiger partial charge >= 0.3 is 0 Å². The Hall–Kier alpha value is -1.27. The molecule has 0 aliphatic heterocycles. The molecule has 0 aliphatic rings. The first kappa shape index (κ1) is 35.2. The zero-order valence-corrected chi connectivity index (χ0v) is 23.0. The second-order valence-electron chi connectivity index (χ2n) is 4.25. The monoisotopic (exact) mass is 623 g/mol. The molecule has 0 radical (unpaired) electrons. The van der Waals surface area contributed by atoms with Gasteiger partial charge in [-0.3, -0.25) is 9.59 Å². The molecule has 0 N–H and O–H groups in total. The second-order valence-corrected chi connectivity index (χ2v) is 4.25. The molecular weight excluding hydrogens is 588 g/mol. The molecule has 5 heteroatoms. The Morgan fingerprint density at radius 2 is 1.03 bits per heavy atom. The molecule has 0 saturated carbocycles. The van der Waals surface area contributed by atoms with Gasteiger partial charge in [0.1, 0.15) is 0 Å². The molecule has 0 unspecified atom stereocenters. The van der Waals surface area contributed by atoms with Crippen LogP contribution < -0.4 is 0 Å². The van der Waals surface area contributed by atoms with Crippen LogP contribution in [0.5, 0.6) is 0 Å². The lowest BCUT2D eigenvalue weighted by atomic mass is 10.1. The summed E-state index contributed by atoms with van der Waals surface area (Å²) < 4.78 is 0. The number of carbonyl (C=O) groups excluding carboxylic acids is 2. The smallest absolute Gasteiger partial charge is 0.276 e. The molecule has 2 rings (SSSR count). The number of halogens is 2. The maximum Gasteiger partial charge on any atom is 0.276 e. The summed E-state index contributed by atoms with van der Waals surface area (Å²) in [5.74, 6) is 0.0983. The maximum absolute atomic E-state index is 11.0. The van der Waals surface area contributed by atoms with Crippen molar-refractivity contribution < 1.29 is 9.59 Å². The lowest BCUT2D eigenvalue weighted by Crippen LogP contribution is -2.00. The van der Waals surface area contributed by atoms with Crippen molar-refractivity contribution in [3.05, 3.63) is 83.2 Å². The molecule has 0 saturated heterocycles. The fourth-order valence-corrected chi connectivity index (χ4v) is 1.62. The van der Waals surface area contributed by atoms with Crippen LogP contribution in [-0.4, -0.2) is 28.0 Å². The lowest BCUT2D eigenvalue weighted by Gasteiger charge is -1.93. The summed E-state index contributed by atoms with van der Waals surface area (Å²) in [4.78, 5) is 29.0. The van der Waals surface area contributed by atoms with Gasteiger partial charge in [-0.15, -0.1) is 0 Å². The summed E-state index contributed by atoms with van der Waals surface area (Å²) in [5.41, 5.74) is 1.42. The van der Waals surface area contributed by atoms with Crippen molar-refractivity contribution in [2.45, 2.75) is 41.0 Å². The van der Waals surface area contributed by atoms with Gasteiger partial charge < -0.3 is 4.85 Å². The third kappa shape index (κ3) is 21.3. The van der Waals surface area contributed by atoms with E-state index in [9.17, 15) is 9.59 Å². The normalized spacial score (nSPS) is 7.31. The maximum atomic E-state index is 11.0. The van der Waals surface area contributed by atoms with E-state index in [4.69, 9.17) is 6.57 Å². The molecule has 3 nitrogen and oxygen atoms in total. The van der Waals surface area contributed by atoms with Crippen LogP contribution in [0.25, 0.3) is 4.85 Å². The van der Waals surface area contributed by atoms with Crippen LogP contribution in [0, 0.1) is 6.57 Å². The van der Waals surface area contributed by atoms with Gasteiger partial charge in [-0.1, -0.05) is 140 Å². The lowest BCUT2D eigenvalue weighted by molar-refractivity contribution is 0.0985. The SMILES string of the molecule is CC.CC.CCC(=O)c1ccccc1.CI.CI.[C-]#[N+]CC(=O)c1ccccc1. The van der Waals surface area contributed by atoms with Gasteiger partial charge in [-0.25, -0.2) is 6.57 Å². The first-order chi connectivity index (χ1) is 14.2. The molecular formula is C24H35I2NO2. The first-order valence-electron chi connectivity index (χ1n) is 9.44. The molecule has 2 aromatic carbocycles. The third-order valence-corrected chi connectivity index (χ3v) is 2.74. The number of hydrogen-bond donors (Lipinski definition) is 0. The third-order valence-electron chi connectivity index (χ3n) is 2.74. The highest BCUT2D eigenvalue weighted by Gasteiger charge is 2.05. The summed E-state index contributed by atoms with van der Waals surface area (Å²) in [5, 5.41) is 0. The molecule has 2 aromatic rings. The van der Waals surface area contributed by atoms with E-state index >= 15 is 0 Å². The van der Waals surface area contributed by atoms with Crippen LogP contribution in [0.2, 0.25) is 0 Å². The van der Waals surface area contributed by atoms with E-state index in [1.165, 1.54) is 0 Å². The van der Waals surface area contributed by atoms with E-state index in [0.717, 1.165) is 5.56 Å². The highest BCUT2D eigenvalue weighted by atomic mass is 127. The van der Waals surface area contributed by atoms with Gasteiger partial charge in [0.05, 0.1) is 0 Å². The molecule has 29 heavy (non-hydrogen) atoms. The van der Waals surface area contributed by atoms with Crippen molar-refractivity contribution in [3.63, 3.8) is 0 Å². The van der Waals surface area contributed by atoms with Crippen molar-refractivity contribution >= 4 is 56.7 Å². The largest absolute Gasteiger partial charge is 0.308 e. The van der Waals surface area contributed by atoms with E-state index < -0.39 is 0 Å². The van der Waals surface area contributed by atoms with Gasteiger partial charge in [0.2, 0.25) is 5.78 Å². The predicted molar refractivity (Wildman–Crippen MR) is 146 cm³/mol. The van der Waals surface area contributed by atoms with Gasteiger partial charge in [0.25, 0.3) is 6.54 Å². The van der Waals surface area contributed by atoms with Gasteiger partial charge in [0.15, 0.2) is 5.78 Å². The van der Waals surface area contributed by atoms with Gasteiger partial charge in [-0.05, 0) is 9.86 Å². The number of carbonyl (C=O) groups is 2. The first-order valence-corrected chi connectivity index (χ1v) is 13.8. The van der Waals surface area contributed by atoms with Crippen LogP contribution in [0.4, 0.5) is 0 Å². The standard InChI is InChI=1S/C9H7NO.C9H10O.2C2H6.2CH3I/c1-10-7-9(11)8-5-3-2-4-6-8;1-2-9(10)8-6-4-3-5-7-8;4*1-2/h2-6H,7H2;3-7H,2H2,1H3;2*1-2H3;2*1H3. The van der Waals surface area contributed by atoms with Crippen molar-refractivity contribution in [2.75, 3.05) is 16.4 Å². The predicted octanol–water partition coefficient (Wildman–Crippen LogP) is 8.22. The van der Waals surface area contributed by atoms with Crippen molar-refractivity contribution in [1.82, 2.24) is 0 Å². The van der Waals surface area contributed by atoms with Crippen LogP contribution >= 0.6 is 45.2 Å². The number of hydrogen-bond acceptors (Lipinski definition) is 2. The number of rotatable bonds is 4. The molecule has 0 spiro atoms. The Bertz CT molecular complexity index is 624. The highest BCUT2D eigenvalue weighted by molar-refractivity contribution is 14.1. The average molecular weight is 623 g/mol. The molecule has 0 bridgehead atoms. The van der Waals surface area contributed by atoms with Crippen LogP contribution in [0.15, 0.2) is 60.7 Å². The minimum absolute atomic E-state index is 0.0516. The van der Waals surface area contributed by atoms with E-state index in [0.29, 0.717) is 12.0 Å². The Morgan fingerprint density at radius 1 is 0.724 bits per heavy atom. The zero-order valence-electron chi connectivity index (χ0n) is 18.7. The summed E-state index contributed by atoms with van der Waals surface area (Å²) in [6, 6.07) is 18.2. The average Bonchev–Trinajstić information content (AvgIpc) is 2.85. The van der Waals surface area contributed by atoms with Gasteiger partial charge in [-0.2, -0.15) is 0 Å². The van der Waals surface area contributed by atoms with E-state index in [1.54, 1.807) is 24.3 Å². The fraction of sp³-hybridized carbons (Fsp3) is 0.375. The summed E-state index contributed by atoms with van der Waals surface area (Å²) in [7, 11) is 0. The molecule has 162 valence electrons. The van der Waals surface area contributed by atoms with E-state index in [-0.39, 0.29) is 18.1 Å². The minimum Gasteiger partial charge on any atom is -0.308 e. The molecule has 0 amide bonds. The second kappa shape index (κ2) is 31.4. The summed E-state index contributed by atoms with van der Waals surface area (Å²) in [6.07, 6.45) is 0.587. The van der Waals surface area contributed by atoms with Crippen LogP contribution in [-0.2, 0) is 0 Å².